The summed E-state index contributed by atoms with van der Waals surface area (Å²) in [6.45, 7) is 5.64. The van der Waals surface area contributed by atoms with Gasteiger partial charge < -0.3 is 15.2 Å². The maximum atomic E-state index is 12.4. The minimum atomic E-state index is -0.960. The fourth-order valence-corrected chi connectivity index (χ4v) is 2.78. The first-order valence-corrected chi connectivity index (χ1v) is 8.59. The fraction of sp³-hybridized carbons (Fsp3) is 0.421. The van der Waals surface area contributed by atoms with Crippen LogP contribution in [0.25, 0.3) is 5.69 Å². The van der Waals surface area contributed by atoms with E-state index in [4.69, 9.17) is 4.74 Å². The number of nitrogens with zero attached hydrogens (tertiary/aromatic N) is 2. The molecule has 0 aliphatic rings. The second-order valence-corrected chi connectivity index (χ2v) is 6.30. The minimum Gasteiger partial charge on any atom is -0.494 e. The summed E-state index contributed by atoms with van der Waals surface area (Å²) in [5.41, 5.74) is 1.03. The van der Waals surface area contributed by atoms with Gasteiger partial charge in [-0.2, -0.15) is 5.10 Å². The number of amides is 1. The molecule has 2 aromatic rings. The van der Waals surface area contributed by atoms with E-state index in [0.29, 0.717) is 18.6 Å². The van der Waals surface area contributed by atoms with Crippen molar-refractivity contribution in [2.75, 3.05) is 13.7 Å². The summed E-state index contributed by atoms with van der Waals surface area (Å²) in [4.78, 5) is 23.9. The van der Waals surface area contributed by atoms with E-state index in [0.717, 1.165) is 11.3 Å². The predicted molar refractivity (Wildman–Crippen MR) is 97.8 cm³/mol. The highest BCUT2D eigenvalue weighted by Crippen LogP contribution is 2.26. The van der Waals surface area contributed by atoms with E-state index in [-0.39, 0.29) is 12.2 Å². The van der Waals surface area contributed by atoms with Crippen molar-refractivity contribution in [2.45, 2.75) is 33.6 Å². The van der Waals surface area contributed by atoms with Crippen molar-refractivity contribution >= 4 is 11.9 Å². The van der Waals surface area contributed by atoms with Gasteiger partial charge in [-0.25, -0.2) is 4.68 Å². The maximum Gasteiger partial charge on any atom is 0.311 e. The molecule has 1 amide bonds. The summed E-state index contributed by atoms with van der Waals surface area (Å²) in [6.07, 6.45) is 2.55. The standard InChI is InChI=1S/C19H25N3O4/c1-5-19(6-2,18(24)25)12-20-17(23)14-9-10-22(21-14)15-11-13(3)7-8-16(15)26-4/h7-11H,5-6,12H2,1-4H3,(H,20,23)(H,24,25). The van der Waals surface area contributed by atoms with Gasteiger partial charge in [0.25, 0.3) is 5.91 Å². The maximum absolute atomic E-state index is 12.4. The lowest BCUT2D eigenvalue weighted by Crippen LogP contribution is -2.42. The van der Waals surface area contributed by atoms with Gasteiger partial charge in [0.1, 0.15) is 11.4 Å². The zero-order valence-corrected chi connectivity index (χ0v) is 15.6. The average Bonchev–Trinajstić information content (AvgIpc) is 3.12. The SMILES string of the molecule is CCC(CC)(CNC(=O)c1ccn(-c2cc(C)ccc2OC)n1)C(=O)O. The van der Waals surface area contributed by atoms with E-state index >= 15 is 0 Å². The quantitative estimate of drug-likeness (QED) is 0.756. The third kappa shape index (κ3) is 3.87. The molecule has 1 aromatic heterocycles. The molecule has 2 N–H and O–H groups in total. The summed E-state index contributed by atoms with van der Waals surface area (Å²) in [5.74, 6) is -0.659. The van der Waals surface area contributed by atoms with Crippen LogP contribution >= 0.6 is 0 Å². The van der Waals surface area contributed by atoms with Crippen LogP contribution in [-0.2, 0) is 4.79 Å². The highest BCUT2D eigenvalue weighted by atomic mass is 16.5. The molecular weight excluding hydrogens is 334 g/mol. The largest absolute Gasteiger partial charge is 0.494 e. The Kier molecular flexibility index (Phi) is 6.02. The first-order chi connectivity index (χ1) is 12.4. The Morgan fingerprint density at radius 2 is 1.96 bits per heavy atom. The topological polar surface area (TPSA) is 93.5 Å². The van der Waals surface area contributed by atoms with E-state index < -0.39 is 17.3 Å². The molecule has 0 atom stereocenters. The summed E-state index contributed by atoms with van der Waals surface area (Å²) >= 11 is 0. The van der Waals surface area contributed by atoms with Crippen molar-refractivity contribution in [3.8, 4) is 11.4 Å². The predicted octanol–water partition coefficient (Wildman–Crippen LogP) is 2.81. The van der Waals surface area contributed by atoms with Crippen LogP contribution in [0.15, 0.2) is 30.5 Å². The monoisotopic (exact) mass is 359 g/mol. The number of carbonyl (C=O) groups is 2. The van der Waals surface area contributed by atoms with Crippen LogP contribution < -0.4 is 10.1 Å². The van der Waals surface area contributed by atoms with Gasteiger partial charge in [0.15, 0.2) is 5.69 Å². The van der Waals surface area contributed by atoms with Crippen molar-refractivity contribution in [3.05, 3.63) is 41.7 Å². The number of carboxylic acids is 1. The molecule has 26 heavy (non-hydrogen) atoms. The van der Waals surface area contributed by atoms with Crippen molar-refractivity contribution in [2.24, 2.45) is 5.41 Å². The second-order valence-electron chi connectivity index (χ2n) is 6.30. The van der Waals surface area contributed by atoms with Crippen molar-refractivity contribution in [3.63, 3.8) is 0 Å². The number of hydrogen-bond acceptors (Lipinski definition) is 4. The number of carbonyl (C=O) groups excluding carboxylic acids is 1. The number of rotatable bonds is 8. The molecule has 0 fully saturated rings. The molecule has 1 aromatic carbocycles. The van der Waals surface area contributed by atoms with Gasteiger partial charge in [-0.05, 0) is 43.5 Å². The van der Waals surface area contributed by atoms with Gasteiger partial charge in [-0.1, -0.05) is 19.9 Å². The summed E-state index contributed by atoms with van der Waals surface area (Å²) in [5, 5.41) is 16.5. The first-order valence-electron chi connectivity index (χ1n) is 8.59. The zero-order chi connectivity index (χ0) is 19.3. The van der Waals surface area contributed by atoms with Crippen LogP contribution in [0.3, 0.4) is 0 Å². The van der Waals surface area contributed by atoms with Gasteiger partial charge in [0, 0.05) is 12.7 Å². The van der Waals surface area contributed by atoms with E-state index in [2.05, 4.69) is 10.4 Å². The number of ether oxygens (including phenoxy) is 1. The number of aryl methyl sites for hydroxylation is 1. The van der Waals surface area contributed by atoms with Crippen LogP contribution in [0.5, 0.6) is 5.75 Å². The van der Waals surface area contributed by atoms with Crippen molar-refractivity contribution in [1.82, 2.24) is 15.1 Å². The highest BCUT2D eigenvalue weighted by Gasteiger charge is 2.35. The van der Waals surface area contributed by atoms with Gasteiger partial charge >= 0.3 is 5.97 Å². The van der Waals surface area contributed by atoms with Gasteiger partial charge in [0.05, 0.1) is 12.5 Å². The normalized spacial score (nSPS) is 11.2. The summed E-state index contributed by atoms with van der Waals surface area (Å²) in [7, 11) is 1.58. The molecular formula is C19H25N3O4. The lowest BCUT2D eigenvalue weighted by molar-refractivity contribution is -0.149. The molecule has 2 rings (SSSR count). The lowest BCUT2D eigenvalue weighted by atomic mass is 9.82. The van der Waals surface area contributed by atoms with Gasteiger partial charge in [-0.15, -0.1) is 0 Å². The number of hydrogen-bond donors (Lipinski definition) is 2. The molecule has 0 saturated carbocycles. The Balaban J connectivity index is 2.18. The number of methoxy groups -OCH3 is 1. The Labute approximate surface area is 153 Å². The molecule has 0 aliphatic heterocycles. The van der Waals surface area contributed by atoms with Gasteiger partial charge in [0.2, 0.25) is 0 Å². The Hall–Kier alpha value is -2.83. The minimum absolute atomic E-state index is 0.0643. The van der Waals surface area contributed by atoms with Crippen LogP contribution in [0.4, 0.5) is 0 Å². The van der Waals surface area contributed by atoms with Crippen LogP contribution in [0.2, 0.25) is 0 Å². The van der Waals surface area contributed by atoms with E-state index in [1.54, 1.807) is 24.1 Å². The third-order valence-corrected chi connectivity index (χ3v) is 4.80. The molecule has 1 heterocycles. The molecule has 0 saturated heterocycles. The molecule has 0 unspecified atom stereocenters. The van der Waals surface area contributed by atoms with E-state index in [1.807, 2.05) is 39.0 Å². The molecule has 0 bridgehead atoms. The number of carboxylic acid groups (broad SMARTS) is 1. The third-order valence-electron chi connectivity index (χ3n) is 4.80. The number of aromatic nitrogens is 2. The van der Waals surface area contributed by atoms with Crippen LogP contribution in [0, 0.1) is 12.3 Å². The molecule has 7 nitrogen and oxygen atoms in total. The number of benzene rings is 1. The molecule has 140 valence electrons. The fourth-order valence-electron chi connectivity index (χ4n) is 2.78. The number of aliphatic carboxylic acids is 1. The first kappa shape index (κ1) is 19.5. The molecule has 0 spiro atoms. The van der Waals surface area contributed by atoms with E-state index in [9.17, 15) is 14.7 Å². The Morgan fingerprint density at radius 3 is 2.54 bits per heavy atom. The molecule has 0 aliphatic carbocycles. The lowest BCUT2D eigenvalue weighted by Gasteiger charge is -2.26. The van der Waals surface area contributed by atoms with Gasteiger partial charge in [-0.3, -0.25) is 9.59 Å². The average molecular weight is 359 g/mol. The van der Waals surface area contributed by atoms with Crippen LogP contribution in [-0.4, -0.2) is 40.4 Å². The van der Waals surface area contributed by atoms with Crippen molar-refractivity contribution in [1.29, 1.82) is 0 Å². The number of nitrogens with one attached hydrogen (secondary N) is 1. The zero-order valence-electron chi connectivity index (χ0n) is 15.6. The molecule has 0 radical (unpaired) electrons. The van der Waals surface area contributed by atoms with E-state index in [1.165, 1.54) is 0 Å². The second kappa shape index (κ2) is 8.03. The smallest absolute Gasteiger partial charge is 0.311 e. The Bertz CT molecular complexity index is 794. The summed E-state index contributed by atoms with van der Waals surface area (Å²) < 4.78 is 6.92. The highest BCUT2D eigenvalue weighted by molar-refractivity contribution is 5.92. The van der Waals surface area contributed by atoms with Crippen molar-refractivity contribution < 1.29 is 19.4 Å². The van der Waals surface area contributed by atoms with Crippen LogP contribution in [0.1, 0.15) is 42.7 Å². The summed E-state index contributed by atoms with van der Waals surface area (Å²) in [6, 6.07) is 7.28. The molecule has 7 heteroatoms. The Morgan fingerprint density at radius 1 is 1.27 bits per heavy atom.